The van der Waals surface area contributed by atoms with Crippen LogP contribution in [0.25, 0.3) is 11.0 Å². The molecule has 1 aromatic heterocycles. The number of hydrogen-bond acceptors (Lipinski definition) is 7. The summed E-state index contributed by atoms with van der Waals surface area (Å²) in [4.78, 5) is 24.5. The van der Waals surface area contributed by atoms with Crippen molar-refractivity contribution in [3.8, 4) is 5.75 Å². The van der Waals surface area contributed by atoms with Gasteiger partial charge in [0.25, 0.3) is 5.76 Å². The topological polar surface area (TPSA) is 124 Å². The number of methoxy groups -OCH3 is 2. The van der Waals surface area contributed by atoms with E-state index in [0.717, 1.165) is 0 Å². The molecule has 0 saturated heterocycles. The number of ether oxygens (including phenoxy) is 2. The summed E-state index contributed by atoms with van der Waals surface area (Å²) in [5.41, 5.74) is 0.928. The molecule has 0 aliphatic heterocycles. The van der Waals surface area contributed by atoms with E-state index >= 15 is 0 Å². The van der Waals surface area contributed by atoms with Crippen molar-refractivity contribution < 1.29 is 31.9 Å². The number of sulfonamides is 1. The maximum atomic E-state index is 12.7. The van der Waals surface area contributed by atoms with Crippen molar-refractivity contribution in [2.45, 2.75) is 38.6 Å². The molecule has 2 aromatic rings. The van der Waals surface area contributed by atoms with Gasteiger partial charge in [-0.3, -0.25) is 4.79 Å². The molecule has 1 amide bonds. The van der Waals surface area contributed by atoms with E-state index in [1.54, 1.807) is 25.1 Å². The highest BCUT2D eigenvalue weighted by Crippen LogP contribution is 2.35. The second kappa shape index (κ2) is 9.05. The Balaban J connectivity index is 1.66. The molecule has 1 fully saturated rings. The molecular weight excluding hydrogens is 412 g/mol. The first-order valence-corrected chi connectivity index (χ1v) is 11.4. The van der Waals surface area contributed by atoms with E-state index in [4.69, 9.17) is 13.9 Å². The Kier molecular flexibility index (Phi) is 6.67. The summed E-state index contributed by atoms with van der Waals surface area (Å²) < 4.78 is 41.6. The maximum Gasteiger partial charge on any atom is 0.377 e. The van der Waals surface area contributed by atoms with E-state index in [0.29, 0.717) is 42.3 Å². The molecule has 164 valence electrons. The number of carbonyl (C=O) groups is 2. The summed E-state index contributed by atoms with van der Waals surface area (Å²) in [5.74, 6) is -0.679. The Hall–Kier alpha value is -2.59. The summed E-state index contributed by atoms with van der Waals surface area (Å²) in [6.07, 6.45) is 2.44. The van der Waals surface area contributed by atoms with Gasteiger partial charge in [-0.25, -0.2) is 17.9 Å². The van der Waals surface area contributed by atoms with Gasteiger partial charge in [0.15, 0.2) is 5.75 Å². The van der Waals surface area contributed by atoms with E-state index in [-0.39, 0.29) is 35.1 Å². The van der Waals surface area contributed by atoms with Crippen LogP contribution in [0.3, 0.4) is 0 Å². The van der Waals surface area contributed by atoms with Crippen molar-refractivity contribution in [1.29, 1.82) is 0 Å². The first-order valence-electron chi connectivity index (χ1n) is 9.77. The first-order chi connectivity index (χ1) is 14.3. The first kappa shape index (κ1) is 22.1. The SMILES string of the molecule is CCS(=O)(=O)NC1CCC(C(=O)Nc2ccc3c(OC)c(C(=O)OC)oc3c2)CC1. The third-order valence-electron chi connectivity index (χ3n) is 5.31. The van der Waals surface area contributed by atoms with Crippen LogP contribution >= 0.6 is 0 Å². The molecule has 1 aliphatic rings. The molecule has 0 radical (unpaired) electrons. The zero-order chi connectivity index (χ0) is 21.9. The highest BCUT2D eigenvalue weighted by Gasteiger charge is 2.28. The van der Waals surface area contributed by atoms with Gasteiger partial charge in [-0.2, -0.15) is 0 Å². The molecule has 1 saturated carbocycles. The highest BCUT2D eigenvalue weighted by molar-refractivity contribution is 7.89. The van der Waals surface area contributed by atoms with Crippen LogP contribution in [0.1, 0.15) is 43.2 Å². The second-order valence-electron chi connectivity index (χ2n) is 7.23. The molecule has 1 heterocycles. The van der Waals surface area contributed by atoms with Gasteiger partial charge in [0.2, 0.25) is 15.9 Å². The van der Waals surface area contributed by atoms with Crippen LogP contribution in [0.15, 0.2) is 22.6 Å². The van der Waals surface area contributed by atoms with Gasteiger partial charge in [-0.1, -0.05) is 0 Å². The largest absolute Gasteiger partial charge is 0.492 e. The lowest BCUT2D eigenvalue weighted by molar-refractivity contribution is -0.120. The van der Waals surface area contributed by atoms with Crippen LogP contribution < -0.4 is 14.8 Å². The van der Waals surface area contributed by atoms with Gasteiger partial charge >= 0.3 is 5.97 Å². The Bertz CT molecular complexity index is 1040. The number of furan rings is 1. The van der Waals surface area contributed by atoms with E-state index in [9.17, 15) is 18.0 Å². The van der Waals surface area contributed by atoms with E-state index in [1.165, 1.54) is 14.2 Å². The summed E-state index contributed by atoms with van der Waals surface area (Å²) in [7, 11) is -0.556. The third kappa shape index (κ3) is 4.76. The molecule has 0 spiro atoms. The van der Waals surface area contributed by atoms with Crippen LogP contribution in [-0.4, -0.2) is 46.3 Å². The fourth-order valence-electron chi connectivity index (χ4n) is 3.64. The van der Waals surface area contributed by atoms with E-state index < -0.39 is 16.0 Å². The molecule has 1 aromatic carbocycles. The third-order valence-corrected chi connectivity index (χ3v) is 6.76. The predicted molar refractivity (Wildman–Crippen MR) is 111 cm³/mol. The second-order valence-corrected chi connectivity index (χ2v) is 9.27. The number of rotatable bonds is 7. The van der Waals surface area contributed by atoms with Gasteiger partial charge in [-0.05, 0) is 44.7 Å². The van der Waals surface area contributed by atoms with Crippen LogP contribution in [0.4, 0.5) is 5.69 Å². The Morgan fingerprint density at radius 1 is 1.17 bits per heavy atom. The molecule has 1 aliphatic carbocycles. The number of carbonyl (C=O) groups excluding carboxylic acids is 2. The predicted octanol–water partition coefficient (Wildman–Crippen LogP) is 2.66. The van der Waals surface area contributed by atoms with Crippen LogP contribution in [0.2, 0.25) is 0 Å². The van der Waals surface area contributed by atoms with Gasteiger partial charge in [-0.15, -0.1) is 0 Å². The Morgan fingerprint density at radius 2 is 1.87 bits per heavy atom. The molecule has 0 bridgehead atoms. The van der Waals surface area contributed by atoms with Crippen LogP contribution in [0, 0.1) is 5.92 Å². The lowest BCUT2D eigenvalue weighted by Gasteiger charge is -2.28. The van der Waals surface area contributed by atoms with E-state index in [1.807, 2.05) is 0 Å². The van der Waals surface area contributed by atoms with Gasteiger partial charge in [0.05, 0.1) is 25.4 Å². The Morgan fingerprint density at radius 3 is 2.47 bits per heavy atom. The lowest BCUT2D eigenvalue weighted by Crippen LogP contribution is -2.40. The maximum absolute atomic E-state index is 12.7. The van der Waals surface area contributed by atoms with Crippen molar-refractivity contribution in [3.63, 3.8) is 0 Å². The van der Waals surface area contributed by atoms with Gasteiger partial charge < -0.3 is 19.2 Å². The molecule has 30 heavy (non-hydrogen) atoms. The smallest absolute Gasteiger partial charge is 0.377 e. The minimum atomic E-state index is -3.24. The lowest BCUT2D eigenvalue weighted by atomic mass is 9.86. The van der Waals surface area contributed by atoms with Crippen molar-refractivity contribution >= 4 is 38.6 Å². The number of hydrogen-bond donors (Lipinski definition) is 2. The summed E-state index contributed by atoms with van der Waals surface area (Å²) >= 11 is 0. The molecule has 3 rings (SSSR count). The zero-order valence-electron chi connectivity index (χ0n) is 17.2. The average molecular weight is 439 g/mol. The Labute approximate surface area is 175 Å². The monoisotopic (exact) mass is 438 g/mol. The normalized spacial score (nSPS) is 19.4. The molecule has 9 nitrogen and oxygen atoms in total. The number of anilines is 1. The van der Waals surface area contributed by atoms with Crippen molar-refractivity contribution in [2.75, 3.05) is 25.3 Å². The number of benzene rings is 1. The molecule has 0 unspecified atom stereocenters. The number of esters is 1. The minimum absolute atomic E-state index is 0.0358. The highest BCUT2D eigenvalue weighted by atomic mass is 32.2. The quantitative estimate of drug-likeness (QED) is 0.637. The van der Waals surface area contributed by atoms with Crippen molar-refractivity contribution in [1.82, 2.24) is 4.72 Å². The molecule has 10 heteroatoms. The van der Waals surface area contributed by atoms with Crippen molar-refractivity contribution in [3.05, 3.63) is 24.0 Å². The van der Waals surface area contributed by atoms with Crippen LogP contribution in [0.5, 0.6) is 5.75 Å². The van der Waals surface area contributed by atoms with E-state index in [2.05, 4.69) is 10.0 Å². The standard InChI is InChI=1S/C20H26N2O7S/c1-4-30(25,26)22-13-7-5-12(6-8-13)19(23)21-14-9-10-15-16(11-14)29-18(17(15)27-2)20(24)28-3/h9-13,22H,4-8H2,1-3H3,(H,21,23). The average Bonchev–Trinajstić information content (AvgIpc) is 3.11. The molecule has 0 atom stereocenters. The van der Waals surface area contributed by atoms with Crippen LogP contribution in [-0.2, 0) is 19.6 Å². The summed E-state index contributed by atoms with van der Waals surface area (Å²) in [5, 5.41) is 3.47. The molecule has 2 N–H and O–H groups in total. The summed E-state index contributed by atoms with van der Waals surface area (Å²) in [6, 6.07) is 4.92. The fraction of sp³-hybridized carbons (Fsp3) is 0.500. The minimum Gasteiger partial charge on any atom is -0.492 e. The fourth-order valence-corrected chi connectivity index (χ4v) is 4.55. The zero-order valence-corrected chi connectivity index (χ0v) is 18.0. The number of fused-ring (bicyclic) bond motifs is 1. The summed E-state index contributed by atoms with van der Waals surface area (Å²) in [6.45, 7) is 1.60. The van der Waals surface area contributed by atoms with Crippen molar-refractivity contribution in [2.24, 2.45) is 5.92 Å². The molecular formula is C20H26N2O7S. The number of amides is 1. The van der Waals surface area contributed by atoms with Gasteiger partial charge in [0, 0.05) is 23.7 Å². The number of nitrogens with one attached hydrogen (secondary N) is 2. The van der Waals surface area contributed by atoms with Gasteiger partial charge in [0.1, 0.15) is 5.58 Å².